The third-order valence-electron chi connectivity index (χ3n) is 0.502. The Labute approximate surface area is 50.4 Å². The lowest BCUT2D eigenvalue weighted by Crippen LogP contribution is -1.75. The normalized spacial score (nSPS) is 6.12. The van der Waals surface area contributed by atoms with Crippen molar-refractivity contribution in [3.8, 4) is 12.0 Å². The molecule has 0 fully saturated rings. The van der Waals surface area contributed by atoms with Gasteiger partial charge in [-0.25, -0.2) is 0 Å². The number of hydrogen-bond donors (Lipinski definition) is 0. The molecule has 0 aliphatic heterocycles. The Hall–Kier alpha value is -0.990. The second-order valence-electron chi connectivity index (χ2n) is 1.14. The van der Waals surface area contributed by atoms with Crippen molar-refractivity contribution >= 4 is 0 Å². The van der Waals surface area contributed by atoms with E-state index < -0.39 is 0 Å². The zero-order chi connectivity index (χ0) is 6.24. The summed E-state index contributed by atoms with van der Waals surface area (Å²) in [4.78, 5) is 0. The second-order valence-corrected chi connectivity index (χ2v) is 1.14. The molecule has 0 saturated carbocycles. The van der Waals surface area contributed by atoms with E-state index >= 15 is 0 Å². The highest BCUT2D eigenvalue weighted by Gasteiger charge is 1.77. The van der Waals surface area contributed by atoms with Crippen molar-refractivity contribution in [2.75, 3.05) is 6.61 Å². The first kappa shape index (κ1) is 7.01. The van der Waals surface area contributed by atoms with Crippen LogP contribution in [0.5, 0.6) is 0 Å². The molecule has 0 amide bonds. The minimum atomic E-state index is 0.583. The molecule has 0 spiro atoms. The average Bonchev–Trinajstić information content (AvgIpc) is 1.81. The van der Waals surface area contributed by atoms with E-state index in [0.717, 1.165) is 0 Å². The van der Waals surface area contributed by atoms with Crippen LogP contribution in [0.4, 0.5) is 0 Å². The summed E-state index contributed by atoms with van der Waals surface area (Å²) in [5.41, 5.74) is 0. The first-order valence-electron chi connectivity index (χ1n) is 2.51. The Balaban J connectivity index is 3.07. The lowest BCUT2D eigenvalue weighted by molar-refractivity contribution is 0.299. The summed E-state index contributed by atoms with van der Waals surface area (Å²) in [5, 5.41) is 0. The number of allylic oxidation sites excluding steroid dienone is 1. The van der Waals surface area contributed by atoms with Gasteiger partial charge in [-0.3, -0.25) is 0 Å². The molecule has 0 N–H and O–H groups in total. The summed E-state index contributed by atoms with van der Waals surface area (Å²) in [5.74, 6) is 2.69. The highest BCUT2D eigenvalue weighted by atomic mass is 16.5. The van der Waals surface area contributed by atoms with E-state index in [1.54, 1.807) is 0 Å². The maximum absolute atomic E-state index is 4.71. The largest absolute Gasteiger partial charge is 0.447 e. The minimum Gasteiger partial charge on any atom is -0.447 e. The van der Waals surface area contributed by atoms with Gasteiger partial charge in [-0.1, -0.05) is 0 Å². The van der Waals surface area contributed by atoms with Crippen molar-refractivity contribution in [2.24, 2.45) is 0 Å². The van der Waals surface area contributed by atoms with Crippen molar-refractivity contribution in [1.29, 1.82) is 0 Å². The summed E-state index contributed by atoms with van der Waals surface area (Å²) >= 11 is 0. The van der Waals surface area contributed by atoms with E-state index in [1.165, 1.54) is 0 Å². The fraction of sp³-hybridized carbons (Fsp3) is 0.429. The maximum atomic E-state index is 4.71. The average molecular weight is 109 g/mol. The van der Waals surface area contributed by atoms with Crippen molar-refractivity contribution in [1.82, 2.24) is 0 Å². The molecule has 42 valence electrons. The maximum Gasteiger partial charge on any atom is 0.228 e. The van der Waals surface area contributed by atoms with E-state index in [1.807, 2.05) is 6.92 Å². The summed E-state index contributed by atoms with van der Waals surface area (Å²) in [6.45, 7) is 5.91. The molecule has 8 heavy (non-hydrogen) atoms. The molecule has 0 heterocycles. The minimum absolute atomic E-state index is 0.583. The quantitative estimate of drug-likeness (QED) is 0.384. The monoisotopic (exact) mass is 109 g/mol. The number of hydrogen-bond acceptors (Lipinski definition) is 1. The molecule has 0 bridgehead atoms. The number of ether oxygens (including phenoxy) is 1. The smallest absolute Gasteiger partial charge is 0.228 e. The van der Waals surface area contributed by atoms with Gasteiger partial charge >= 0.3 is 0 Å². The van der Waals surface area contributed by atoms with Gasteiger partial charge in [0, 0.05) is 5.92 Å². The van der Waals surface area contributed by atoms with Gasteiger partial charge in [-0.05, 0) is 6.92 Å². The van der Waals surface area contributed by atoms with E-state index in [4.69, 9.17) is 4.74 Å². The number of rotatable bonds is 2. The van der Waals surface area contributed by atoms with Gasteiger partial charge in [-0.15, -0.1) is 0 Å². The predicted octanol–water partition coefficient (Wildman–Crippen LogP) is 1.36. The zero-order valence-electron chi connectivity index (χ0n) is 5.03. The van der Waals surface area contributed by atoms with Crippen LogP contribution in [-0.2, 0) is 4.74 Å². The second kappa shape index (κ2) is 6.01. The Kier molecular flexibility index (Phi) is 5.27. The molecule has 0 radical (unpaired) electrons. The lowest BCUT2D eigenvalue weighted by Gasteiger charge is -1.81. The summed E-state index contributed by atoms with van der Waals surface area (Å²) in [7, 11) is 0. The molecular weight excluding hydrogens is 100 g/mol. The standard InChI is InChI=1S/C7H9O/c1-3-5-6-7-8-4-2/h1,4-5H2,2H3/q+1. The Bertz CT molecular complexity index is 105. The van der Waals surface area contributed by atoms with Crippen LogP contribution < -0.4 is 0 Å². The van der Waals surface area contributed by atoms with Crippen LogP contribution in [0, 0.1) is 18.1 Å². The molecule has 1 heteroatoms. The Morgan fingerprint density at radius 2 is 2.50 bits per heavy atom. The highest BCUT2D eigenvalue weighted by Crippen LogP contribution is 1.72. The van der Waals surface area contributed by atoms with Crippen LogP contribution in [0.25, 0.3) is 0 Å². The van der Waals surface area contributed by atoms with E-state index in [9.17, 15) is 0 Å². The SMILES string of the molecule is C=[C+]CC#COCC. The van der Waals surface area contributed by atoms with Crippen LogP contribution in [0.3, 0.4) is 0 Å². The van der Waals surface area contributed by atoms with Gasteiger partial charge in [0.1, 0.15) is 12.7 Å². The molecule has 0 aromatic carbocycles. The summed E-state index contributed by atoms with van der Waals surface area (Å²) in [6, 6.07) is 0. The van der Waals surface area contributed by atoms with Crippen LogP contribution in [0.1, 0.15) is 13.3 Å². The van der Waals surface area contributed by atoms with Gasteiger partial charge in [0.15, 0.2) is 0 Å². The molecule has 0 aromatic heterocycles. The molecule has 1 nitrogen and oxygen atoms in total. The van der Waals surface area contributed by atoms with Crippen LogP contribution in [-0.4, -0.2) is 6.61 Å². The van der Waals surface area contributed by atoms with Crippen LogP contribution >= 0.6 is 0 Å². The first-order chi connectivity index (χ1) is 3.91. The molecule has 0 rings (SSSR count). The van der Waals surface area contributed by atoms with Gasteiger partial charge < -0.3 is 4.74 Å². The van der Waals surface area contributed by atoms with Crippen molar-refractivity contribution < 1.29 is 4.74 Å². The molecule has 0 unspecified atom stereocenters. The van der Waals surface area contributed by atoms with Crippen LogP contribution in [0.15, 0.2) is 6.58 Å². The van der Waals surface area contributed by atoms with Gasteiger partial charge in [0.25, 0.3) is 0 Å². The van der Waals surface area contributed by atoms with E-state index in [0.29, 0.717) is 13.0 Å². The van der Waals surface area contributed by atoms with E-state index in [2.05, 4.69) is 24.7 Å². The van der Waals surface area contributed by atoms with Crippen molar-refractivity contribution in [2.45, 2.75) is 13.3 Å². The zero-order valence-corrected chi connectivity index (χ0v) is 5.03. The predicted molar refractivity (Wildman–Crippen MR) is 32.9 cm³/mol. The summed E-state index contributed by atoms with van der Waals surface area (Å²) in [6.07, 6.45) is 5.69. The van der Waals surface area contributed by atoms with Gasteiger partial charge in [0.05, 0.1) is 6.61 Å². The van der Waals surface area contributed by atoms with Crippen molar-refractivity contribution in [3.63, 3.8) is 0 Å². The van der Waals surface area contributed by atoms with Crippen LogP contribution in [0.2, 0.25) is 0 Å². The van der Waals surface area contributed by atoms with Crippen molar-refractivity contribution in [3.05, 3.63) is 12.7 Å². The summed E-state index contributed by atoms with van der Waals surface area (Å²) < 4.78 is 4.71. The first-order valence-corrected chi connectivity index (χ1v) is 2.51. The topological polar surface area (TPSA) is 9.23 Å². The molecule has 0 atom stereocenters. The Morgan fingerprint density at radius 1 is 1.75 bits per heavy atom. The fourth-order valence-corrected chi connectivity index (χ4v) is 0.222. The molecular formula is C7H9O+. The lowest BCUT2D eigenvalue weighted by atomic mass is 10.4. The molecule has 0 aliphatic carbocycles. The van der Waals surface area contributed by atoms with Gasteiger partial charge in [-0.2, -0.15) is 0 Å². The molecule has 0 aliphatic rings. The highest BCUT2D eigenvalue weighted by molar-refractivity contribution is 4.94. The molecule has 0 aromatic rings. The fourth-order valence-electron chi connectivity index (χ4n) is 0.222. The van der Waals surface area contributed by atoms with E-state index in [-0.39, 0.29) is 0 Å². The third kappa shape index (κ3) is 5.01. The molecule has 0 saturated heterocycles. The van der Waals surface area contributed by atoms with Gasteiger partial charge in [0.2, 0.25) is 12.5 Å². The third-order valence-corrected chi connectivity index (χ3v) is 0.502. The Morgan fingerprint density at radius 3 is 3.00 bits per heavy atom.